The maximum absolute atomic E-state index is 12.8. The largest absolute Gasteiger partial charge is 0.460 e. The number of fused-ring (bicyclic) bond motifs is 1. The fourth-order valence-electron chi connectivity index (χ4n) is 3.18. The lowest BCUT2D eigenvalue weighted by Gasteiger charge is -2.08. The molecule has 0 aliphatic heterocycles. The molecule has 0 aliphatic rings. The summed E-state index contributed by atoms with van der Waals surface area (Å²) >= 11 is 3.39. The van der Waals surface area contributed by atoms with Gasteiger partial charge >= 0.3 is 5.97 Å². The van der Waals surface area contributed by atoms with Gasteiger partial charge in [-0.1, -0.05) is 50.2 Å². The summed E-state index contributed by atoms with van der Waals surface area (Å²) in [6.45, 7) is 4.26. The number of esters is 1. The minimum Gasteiger partial charge on any atom is -0.460 e. The summed E-state index contributed by atoms with van der Waals surface area (Å²) in [5.41, 5.74) is 2.10. The molecule has 0 atom stereocenters. The summed E-state index contributed by atoms with van der Waals surface area (Å²) in [6.07, 6.45) is 4.30. The van der Waals surface area contributed by atoms with Crippen LogP contribution in [0.2, 0.25) is 0 Å². The van der Waals surface area contributed by atoms with Crippen LogP contribution in [0.3, 0.4) is 0 Å². The topological polar surface area (TPSA) is 65.7 Å². The molecule has 1 aromatic heterocycles. The zero-order valence-electron chi connectivity index (χ0n) is 18.1. The number of carbonyl (C=O) groups is 1. The van der Waals surface area contributed by atoms with Gasteiger partial charge in [0.15, 0.2) is 0 Å². The first kappa shape index (κ1) is 22.6. The van der Waals surface area contributed by atoms with E-state index in [1.54, 1.807) is 30.3 Å². The van der Waals surface area contributed by atoms with Crippen molar-refractivity contribution in [2.45, 2.75) is 19.8 Å². The Morgan fingerprint density at radius 2 is 1.76 bits per heavy atom. The van der Waals surface area contributed by atoms with Crippen molar-refractivity contribution in [2.24, 2.45) is 0 Å². The summed E-state index contributed by atoms with van der Waals surface area (Å²) in [5.74, 6) is 0.753. The van der Waals surface area contributed by atoms with Crippen LogP contribution in [0.15, 0.2) is 92.8 Å². The van der Waals surface area contributed by atoms with Gasteiger partial charge in [-0.05, 0) is 63.3 Å². The Kier molecular flexibility index (Phi) is 6.75. The van der Waals surface area contributed by atoms with Gasteiger partial charge in [-0.25, -0.2) is 4.79 Å². The van der Waals surface area contributed by atoms with E-state index in [-0.39, 0.29) is 22.5 Å². The summed E-state index contributed by atoms with van der Waals surface area (Å²) in [4.78, 5) is 25.0. The van der Waals surface area contributed by atoms with Crippen molar-refractivity contribution >= 4 is 38.9 Å². The van der Waals surface area contributed by atoms with E-state index in [4.69, 9.17) is 13.9 Å². The Morgan fingerprint density at radius 3 is 2.48 bits per heavy atom. The maximum atomic E-state index is 12.8. The van der Waals surface area contributed by atoms with Gasteiger partial charge in [0.2, 0.25) is 11.2 Å². The predicted molar refractivity (Wildman–Crippen MR) is 132 cm³/mol. The fourth-order valence-corrected chi connectivity index (χ4v) is 3.54. The normalized spacial score (nSPS) is 11.3. The van der Waals surface area contributed by atoms with Crippen molar-refractivity contribution in [3.8, 4) is 17.2 Å². The number of hydrogen-bond donors (Lipinski definition) is 0. The fraction of sp³-hybridized carbons (Fsp3) is 0.111. The van der Waals surface area contributed by atoms with Crippen molar-refractivity contribution in [1.82, 2.24) is 0 Å². The second kappa shape index (κ2) is 9.88. The van der Waals surface area contributed by atoms with Crippen LogP contribution in [0.5, 0.6) is 17.2 Å². The molecule has 0 N–H and O–H groups in total. The van der Waals surface area contributed by atoms with Gasteiger partial charge in [0, 0.05) is 12.1 Å². The quantitative estimate of drug-likeness (QED) is 0.159. The second-order valence-corrected chi connectivity index (χ2v) is 8.55. The van der Waals surface area contributed by atoms with Gasteiger partial charge in [0.05, 0.1) is 9.86 Å². The molecule has 0 saturated heterocycles. The molecule has 1 heterocycles. The Balaban J connectivity index is 1.48. The number of ether oxygens (including phenoxy) is 2. The highest BCUT2D eigenvalue weighted by molar-refractivity contribution is 9.10. The molecule has 0 spiro atoms. The molecule has 4 rings (SSSR count). The predicted octanol–water partition coefficient (Wildman–Crippen LogP) is 7.09. The van der Waals surface area contributed by atoms with E-state index in [1.165, 1.54) is 24.0 Å². The van der Waals surface area contributed by atoms with Gasteiger partial charge in [0.25, 0.3) is 0 Å². The van der Waals surface area contributed by atoms with E-state index in [0.717, 1.165) is 10.0 Å². The molecule has 6 heteroatoms. The third kappa shape index (κ3) is 5.41. The molecule has 3 aromatic carbocycles. The number of hydrogen-bond acceptors (Lipinski definition) is 5. The van der Waals surface area contributed by atoms with E-state index in [2.05, 4.69) is 29.8 Å². The lowest BCUT2D eigenvalue weighted by molar-refractivity contribution is -0.128. The number of para-hydroxylation sites is 1. The molecule has 33 heavy (non-hydrogen) atoms. The Hall–Kier alpha value is -3.64. The van der Waals surface area contributed by atoms with E-state index in [9.17, 15) is 9.59 Å². The minimum atomic E-state index is -0.529. The first-order chi connectivity index (χ1) is 15.9. The van der Waals surface area contributed by atoms with Crippen molar-refractivity contribution in [3.05, 3.63) is 105 Å². The number of benzene rings is 3. The van der Waals surface area contributed by atoms with E-state index in [0.29, 0.717) is 17.1 Å². The lowest BCUT2D eigenvalue weighted by atomic mass is 10.0. The number of halogens is 1. The third-order valence-electron chi connectivity index (χ3n) is 5.00. The highest BCUT2D eigenvalue weighted by Crippen LogP contribution is 2.29. The zero-order valence-corrected chi connectivity index (χ0v) is 19.7. The first-order valence-electron chi connectivity index (χ1n) is 10.4. The lowest BCUT2D eigenvalue weighted by Crippen LogP contribution is -2.06. The number of carbonyl (C=O) groups excluding carboxylic acids is 1. The molecule has 0 aliphatic carbocycles. The highest BCUT2D eigenvalue weighted by Gasteiger charge is 2.12. The van der Waals surface area contributed by atoms with Crippen molar-refractivity contribution in [1.29, 1.82) is 0 Å². The van der Waals surface area contributed by atoms with Crippen LogP contribution in [-0.4, -0.2) is 5.97 Å². The average molecular weight is 505 g/mol. The molecule has 5 nitrogen and oxygen atoms in total. The van der Waals surface area contributed by atoms with Crippen LogP contribution < -0.4 is 14.9 Å². The van der Waals surface area contributed by atoms with E-state index < -0.39 is 5.97 Å². The molecule has 0 unspecified atom stereocenters. The van der Waals surface area contributed by atoms with Crippen molar-refractivity contribution in [3.63, 3.8) is 0 Å². The average Bonchev–Trinajstić information content (AvgIpc) is 2.81. The second-order valence-electron chi connectivity index (χ2n) is 7.70. The van der Waals surface area contributed by atoms with Gasteiger partial charge in [-0.15, -0.1) is 0 Å². The molecule has 4 aromatic rings. The summed E-state index contributed by atoms with van der Waals surface area (Å²) < 4.78 is 17.3. The van der Waals surface area contributed by atoms with E-state index in [1.807, 2.05) is 36.4 Å². The minimum absolute atomic E-state index is 0.0607. The number of rotatable bonds is 6. The SMILES string of the molecule is CC(C)c1ccc(C=CC(=O)Oc2ccc3c(=O)c(Oc4ccccc4Br)coc3c2)cc1. The molecule has 166 valence electrons. The van der Waals surface area contributed by atoms with E-state index >= 15 is 0 Å². The van der Waals surface area contributed by atoms with Crippen molar-refractivity contribution in [2.75, 3.05) is 0 Å². The summed E-state index contributed by atoms with van der Waals surface area (Å²) in [7, 11) is 0. The van der Waals surface area contributed by atoms with Crippen LogP contribution in [0.1, 0.15) is 30.9 Å². The van der Waals surface area contributed by atoms with Crippen LogP contribution in [0.25, 0.3) is 17.0 Å². The monoisotopic (exact) mass is 504 g/mol. The Morgan fingerprint density at radius 1 is 1.00 bits per heavy atom. The molecule has 0 bridgehead atoms. The molecular weight excluding hydrogens is 484 g/mol. The van der Waals surface area contributed by atoms with Crippen LogP contribution in [-0.2, 0) is 4.79 Å². The summed E-state index contributed by atoms with van der Waals surface area (Å²) in [6, 6.07) is 19.8. The molecule has 0 saturated carbocycles. The summed E-state index contributed by atoms with van der Waals surface area (Å²) in [5, 5.41) is 0.320. The maximum Gasteiger partial charge on any atom is 0.336 e. The highest BCUT2D eigenvalue weighted by atomic mass is 79.9. The van der Waals surface area contributed by atoms with Gasteiger partial charge in [0.1, 0.15) is 23.3 Å². The molecule has 0 amide bonds. The molecule has 0 radical (unpaired) electrons. The van der Waals surface area contributed by atoms with Gasteiger partial charge < -0.3 is 13.9 Å². The van der Waals surface area contributed by atoms with Gasteiger partial charge in [-0.3, -0.25) is 4.79 Å². The van der Waals surface area contributed by atoms with Gasteiger partial charge in [-0.2, -0.15) is 0 Å². The van der Waals surface area contributed by atoms with Crippen LogP contribution in [0.4, 0.5) is 0 Å². The smallest absolute Gasteiger partial charge is 0.336 e. The van der Waals surface area contributed by atoms with Crippen LogP contribution >= 0.6 is 15.9 Å². The standard InChI is InChI=1S/C27H21BrO5/c1-17(2)19-10-7-18(8-11-19)9-14-26(29)32-20-12-13-21-24(15-20)31-16-25(27(21)30)33-23-6-4-3-5-22(23)28/h3-17H,1-2H3. The Labute approximate surface area is 199 Å². The third-order valence-corrected chi connectivity index (χ3v) is 5.66. The Bertz CT molecular complexity index is 1380. The van der Waals surface area contributed by atoms with Crippen LogP contribution in [0, 0.1) is 0 Å². The molecule has 0 fully saturated rings. The molecular formula is C27H21BrO5. The zero-order chi connectivity index (χ0) is 23.4. The first-order valence-corrected chi connectivity index (χ1v) is 11.2. The van der Waals surface area contributed by atoms with Crippen molar-refractivity contribution < 1.29 is 18.7 Å².